The minimum absolute atomic E-state index is 0. The number of ether oxygens (including phenoxy) is 1. The SMILES string of the molecule is CC.CC.CC.C[C@H](CCCC(=O)NCc1ccccc1)COc1cc(F)cc(F)c1.[HH].[HH]. The topological polar surface area (TPSA) is 38.3 Å². The maximum absolute atomic E-state index is 13.1. The molecule has 180 valence electrons. The molecule has 1 amide bonds. The molecule has 0 aliphatic heterocycles. The van der Waals surface area contributed by atoms with Gasteiger partial charge >= 0.3 is 0 Å². The number of halogens is 2. The molecule has 0 bridgehead atoms. The molecule has 1 N–H and O–H groups in total. The Hall–Kier alpha value is -2.43. The summed E-state index contributed by atoms with van der Waals surface area (Å²) >= 11 is 0. The third kappa shape index (κ3) is 16.0. The number of hydrogen-bond donors (Lipinski definition) is 1. The van der Waals surface area contributed by atoms with Crippen molar-refractivity contribution < 1.29 is 21.2 Å². The molecule has 0 saturated carbocycles. The Kier molecular flexibility index (Phi) is 20.7. The van der Waals surface area contributed by atoms with E-state index in [1.165, 1.54) is 0 Å². The summed E-state index contributed by atoms with van der Waals surface area (Å²) in [6, 6.07) is 12.9. The van der Waals surface area contributed by atoms with Crippen molar-refractivity contribution in [3.8, 4) is 5.75 Å². The van der Waals surface area contributed by atoms with Crippen LogP contribution < -0.4 is 10.1 Å². The van der Waals surface area contributed by atoms with Crippen LogP contribution in [0.4, 0.5) is 8.78 Å². The van der Waals surface area contributed by atoms with Crippen LogP contribution in [-0.2, 0) is 11.3 Å². The fraction of sp³-hybridized carbons (Fsp3) is 0.500. The lowest BCUT2D eigenvalue weighted by molar-refractivity contribution is -0.121. The summed E-state index contributed by atoms with van der Waals surface area (Å²) in [6.45, 7) is 14.9. The lowest BCUT2D eigenvalue weighted by Gasteiger charge is -2.13. The van der Waals surface area contributed by atoms with E-state index in [0.29, 0.717) is 19.6 Å². The molecule has 0 aromatic heterocycles. The second kappa shape index (κ2) is 20.8. The number of carbonyl (C=O) groups excluding carboxylic acids is 1. The van der Waals surface area contributed by atoms with Crippen molar-refractivity contribution in [1.29, 1.82) is 0 Å². The monoisotopic (exact) mass is 441 g/mol. The number of benzene rings is 2. The Morgan fingerprint density at radius 2 is 1.52 bits per heavy atom. The zero-order chi connectivity index (χ0) is 24.1. The summed E-state index contributed by atoms with van der Waals surface area (Å²) in [6.07, 6.45) is 1.99. The highest BCUT2D eigenvalue weighted by Gasteiger charge is 2.08. The summed E-state index contributed by atoms with van der Waals surface area (Å²) in [5.41, 5.74) is 1.07. The Bertz CT molecular complexity index is 669. The van der Waals surface area contributed by atoms with Gasteiger partial charge in [0.05, 0.1) is 6.61 Å². The first-order valence-corrected chi connectivity index (χ1v) is 11.4. The third-order valence-electron chi connectivity index (χ3n) is 3.80. The van der Waals surface area contributed by atoms with Crippen molar-refractivity contribution in [2.45, 2.75) is 74.3 Å². The van der Waals surface area contributed by atoms with Gasteiger partial charge in [0, 0.05) is 34.0 Å². The van der Waals surface area contributed by atoms with E-state index in [-0.39, 0.29) is 20.4 Å². The molecule has 0 aliphatic carbocycles. The molecule has 0 saturated heterocycles. The quantitative estimate of drug-likeness (QED) is 0.427. The van der Waals surface area contributed by atoms with Gasteiger partial charge in [0.15, 0.2) is 0 Å². The highest BCUT2D eigenvalue weighted by molar-refractivity contribution is 5.75. The predicted octanol–water partition coefficient (Wildman–Crippen LogP) is 8.04. The predicted molar refractivity (Wildman–Crippen MR) is 131 cm³/mol. The van der Waals surface area contributed by atoms with Crippen LogP contribution in [0.25, 0.3) is 0 Å². The van der Waals surface area contributed by atoms with Crippen molar-refractivity contribution in [3.05, 3.63) is 65.7 Å². The van der Waals surface area contributed by atoms with Gasteiger partial charge in [-0.25, -0.2) is 8.78 Å². The molecule has 31 heavy (non-hydrogen) atoms. The first-order chi connectivity index (χ1) is 15.0. The van der Waals surface area contributed by atoms with Gasteiger partial charge in [0.1, 0.15) is 17.4 Å². The molecule has 0 fully saturated rings. The van der Waals surface area contributed by atoms with Gasteiger partial charge in [-0.2, -0.15) is 0 Å². The summed E-state index contributed by atoms with van der Waals surface area (Å²) in [5, 5.41) is 2.89. The Balaban J connectivity index is -0.000000485. The number of nitrogens with one attached hydrogen (secondary N) is 1. The van der Waals surface area contributed by atoms with Crippen molar-refractivity contribution in [1.82, 2.24) is 5.32 Å². The van der Waals surface area contributed by atoms with Gasteiger partial charge in [0.2, 0.25) is 5.91 Å². The first-order valence-electron chi connectivity index (χ1n) is 11.4. The van der Waals surface area contributed by atoms with Crippen LogP contribution in [0.2, 0.25) is 0 Å². The van der Waals surface area contributed by atoms with E-state index in [1.807, 2.05) is 78.8 Å². The smallest absolute Gasteiger partial charge is 0.220 e. The van der Waals surface area contributed by atoms with Gasteiger partial charge in [0.25, 0.3) is 0 Å². The fourth-order valence-corrected chi connectivity index (χ4v) is 2.43. The second-order valence-corrected chi connectivity index (χ2v) is 6.18. The van der Waals surface area contributed by atoms with Crippen molar-refractivity contribution >= 4 is 5.91 Å². The minimum Gasteiger partial charge on any atom is -0.493 e. The molecule has 0 heterocycles. The molecule has 5 heteroatoms. The number of rotatable bonds is 9. The highest BCUT2D eigenvalue weighted by Crippen LogP contribution is 2.17. The van der Waals surface area contributed by atoms with Gasteiger partial charge in [-0.15, -0.1) is 0 Å². The van der Waals surface area contributed by atoms with E-state index in [4.69, 9.17) is 4.74 Å². The Morgan fingerprint density at radius 1 is 0.968 bits per heavy atom. The van der Waals surface area contributed by atoms with Gasteiger partial charge in [-0.05, 0) is 24.3 Å². The van der Waals surface area contributed by atoms with E-state index < -0.39 is 11.6 Å². The van der Waals surface area contributed by atoms with E-state index in [0.717, 1.165) is 36.6 Å². The summed E-state index contributed by atoms with van der Waals surface area (Å²) < 4.78 is 31.6. The standard InChI is InChI=1S/C20H23F2NO2.3C2H6.2H2/c1-15(14-25-19-11-17(21)10-18(22)12-19)6-5-9-20(24)23-13-16-7-3-2-4-8-16;3*1-2;;/h2-4,7-8,10-12,15H,5-6,9,13-14H2,1H3,(H,23,24);3*1-2H3;2*1H/t15-;;;;;/m1...../s1. The zero-order valence-electron chi connectivity index (χ0n) is 20.3. The third-order valence-corrected chi connectivity index (χ3v) is 3.80. The van der Waals surface area contributed by atoms with Crippen LogP contribution in [0, 0.1) is 17.6 Å². The van der Waals surface area contributed by atoms with Gasteiger partial charge < -0.3 is 10.1 Å². The van der Waals surface area contributed by atoms with E-state index in [2.05, 4.69) is 5.32 Å². The summed E-state index contributed by atoms with van der Waals surface area (Å²) in [4.78, 5) is 11.8. The Labute approximate surface area is 191 Å². The van der Waals surface area contributed by atoms with Crippen LogP contribution in [-0.4, -0.2) is 12.5 Å². The van der Waals surface area contributed by atoms with Crippen molar-refractivity contribution in [3.63, 3.8) is 0 Å². The molecule has 3 nitrogen and oxygen atoms in total. The van der Waals surface area contributed by atoms with Crippen LogP contribution in [0.5, 0.6) is 5.75 Å². The molecule has 2 aromatic carbocycles. The molecule has 0 unspecified atom stereocenters. The molecular formula is C26H45F2NO2. The lowest BCUT2D eigenvalue weighted by atomic mass is 10.0. The lowest BCUT2D eigenvalue weighted by Crippen LogP contribution is -2.22. The molecule has 0 spiro atoms. The second-order valence-electron chi connectivity index (χ2n) is 6.18. The maximum atomic E-state index is 13.1. The maximum Gasteiger partial charge on any atom is 0.220 e. The summed E-state index contributed by atoms with van der Waals surface area (Å²) in [5.74, 6) is -0.919. The summed E-state index contributed by atoms with van der Waals surface area (Å²) in [7, 11) is 0. The van der Waals surface area contributed by atoms with Crippen LogP contribution in [0.3, 0.4) is 0 Å². The highest BCUT2D eigenvalue weighted by atomic mass is 19.1. The van der Waals surface area contributed by atoms with Gasteiger partial charge in [-0.1, -0.05) is 78.8 Å². The molecule has 0 aliphatic rings. The number of carbonyl (C=O) groups is 1. The molecule has 1 atom stereocenters. The first kappa shape index (κ1) is 30.8. The van der Waals surface area contributed by atoms with Crippen LogP contribution in [0.15, 0.2) is 48.5 Å². The molecule has 2 rings (SSSR count). The average molecular weight is 442 g/mol. The van der Waals surface area contributed by atoms with E-state index in [9.17, 15) is 13.6 Å². The van der Waals surface area contributed by atoms with Crippen LogP contribution >= 0.6 is 0 Å². The number of amides is 1. The zero-order valence-corrected chi connectivity index (χ0v) is 20.3. The van der Waals surface area contributed by atoms with Gasteiger partial charge in [-0.3, -0.25) is 4.79 Å². The van der Waals surface area contributed by atoms with E-state index in [1.54, 1.807) is 0 Å². The van der Waals surface area contributed by atoms with Crippen molar-refractivity contribution in [2.75, 3.05) is 6.61 Å². The van der Waals surface area contributed by atoms with Crippen molar-refractivity contribution in [2.24, 2.45) is 5.92 Å². The average Bonchev–Trinajstić information content (AvgIpc) is 2.80. The number of hydrogen-bond acceptors (Lipinski definition) is 2. The molecule has 0 radical (unpaired) electrons. The van der Waals surface area contributed by atoms with E-state index >= 15 is 0 Å². The minimum atomic E-state index is -0.655. The molecule has 2 aromatic rings. The Morgan fingerprint density at radius 3 is 2.06 bits per heavy atom. The normalized spacial score (nSPS) is 10.1. The fourth-order valence-electron chi connectivity index (χ4n) is 2.43. The molecular weight excluding hydrogens is 396 g/mol. The van der Waals surface area contributed by atoms with Crippen LogP contribution in [0.1, 0.15) is 76.1 Å². The largest absolute Gasteiger partial charge is 0.493 e.